The van der Waals surface area contributed by atoms with Gasteiger partial charge < -0.3 is 11.1 Å². The fourth-order valence-electron chi connectivity index (χ4n) is 2.32. The van der Waals surface area contributed by atoms with Crippen molar-refractivity contribution in [3.8, 4) is 0 Å². The number of hydrogen-bond acceptors (Lipinski definition) is 3. The van der Waals surface area contributed by atoms with Gasteiger partial charge >= 0.3 is 0 Å². The van der Waals surface area contributed by atoms with Crippen molar-refractivity contribution in [2.75, 3.05) is 20.1 Å². The van der Waals surface area contributed by atoms with E-state index in [0.717, 1.165) is 12.8 Å². The van der Waals surface area contributed by atoms with Crippen molar-refractivity contribution in [1.29, 1.82) is 0 Å². The summed E-state index contributed by atoms with van der Waals surface area (Å²) in [7, 11) is 2.00. The number of carbonyl (C=O) groups excluding carboxylic acids is 1. The first-order chi connectivity index (χ1) is 8.12. The van der Waals surface area contributed by atoms with Crippen molar-refractivity contribution in [2.45, 2.75) is 51.6 Å². The van der Waals surface area contributed by atoms with Crippen LogP contribution >= 0.6 is 0 Å². The van der Waals surface area contributed by atoms with Crippen molar-refractivity contribution in [3.05, 3.63) is 0 Å². The zero-order valence-electron chi connectivity index (χ0n) is 11.4. The van der Waals surface area contributed by atoms with Crippen molar-refractivity contribution in [2.24, 2.45) is 11.7 Å². The second-order valence-electron chi connectivity index (χ2n) is 5.14. The molecule has 0 spiro atoms. The minimum Gasteiger partial charge on any atom is -0.352 e. The third-order valence-corrected chi connectivity index (χ3v) is 3.72. The molecule has 1 atom stereocenters. The molecule has 0 bridgehead atoms. The molecule has 1 amide bonds. The number of amides is 1. The molecule has 1 saturated carbocycles. The van der Waals surface area contributed by atoms with Gasteiger partial charge in [0.1, 0.15) is 0 Å². The predicted molar refractivity (Wildman–Crippen MR) is 70.7 cm³/mol. The van der Waals surface area contributed by atoms with Crippen LogP contribution in [0, 0.1) is 5.92 Å². The maximum atomic E-state index is 11.9. The molecule has 100 valence electrons. The van der Waals surface area contributed by atoms with Crippen molar-refractivity contribution in [3.63, 3.8) is 0 Å². The number of nitrogens with one attached hydrogen (secondary N) is 1. The Morgan fingerprint density at radius 3 is 2.41 bits per heavy atom. The molecule has 1 aliphatic carbocycles. The Morgan fingerprint density at radius 1 is 1.41 bits per heavy atom. The van der Waals surface area contributed by atoms with Gasteiger partial charge in [0.25, 0.3) is 0 Å². The average molecular weight is 241 g/mol. The quantitative estimate of drug-likeness (QED) is 0.665. The molecule has 1 fully saturated rings. The van der Waals surface area contributed by atoms with Crippen LogP contribution in [0.15, 0.2) is 0 Å². The molecule has 0 saturated heterocycles. The first-order valence-electron chi connectivity index (χ1n) is 6.82. The van der Waals surface area contributed by atoms with Crippen LogP contribution in [0.25, 0.3) is 0 Å². The van der Waals surface area contributed by atoms with Gasteiger partial charge in [-0.05, 0) is 38.6 Å². The third kappa shape index (κ3) is 4.64. The largest absolute Gasteiger partial charge is 0.352 e. The predicted octanol–water partition coefficient (Wildman–Crippen LogP) is 0.960. The van der Waals surface area contributed by atoms with Gasteiger partial charge in [0, 0.05) is 18.6 Å². The van der Waals surface area contributed by atoms with Crippen LogP contribution in [0.2, 0.25) is 0 Å². The van der Waals surface area contributed by atoms with Gasteiger partial charge in [-0.1, -0.05) is 13.8 Å². The van der Waals surface area contributed by atoms with E-state index in [2.05, 4.69) is 24.1 Å². The topological polar surface area (TPSA) is 58.4 Å². The Labute approximate surface area is 105 Å². The number of hydrogen-bond donors (Lipinski definition) is 2. The van der Waals surface area contributed by atoms with Crippen LogP contribution in [0.3, 0.4) is 0 Å². The first-order valence-corrected chi connectivity index (χ1v) is 6.82. The zero-order valence-corrected chi connectivity index (χ0v) is 11.4. The van der Waals surface area contributed by atoms with Crippen LogP contribution in [0.4, 0.5) is 0 Å². The van der Waals surface area contributed by atoms with Crippen molar-refractivity contribution < 1.29 is 4.79 Å². The summed E-state index contributed by atoms with van der Waals surface area (Å²) in [5.74, 6) is 0.839. The van der Waals surface area contributed by atoms with E-state index in [1.165, 1.54) is 12.8 Å². The van der Waals surface area contributed by atoms with Gasteiger partial charge in [-0.2, -0.15) is 0 Å². The van der Waals surface area contributed by atoms with E-state index in [0.29, 0.717) is 31.1 Å². The summed E-state index contributed by atoms with van der Waals surface area (Å²) in [4.78, 5) is 14.0. The smallest absolute Gasteiger partial charge is 0.234 e. The summed E-state index contributed by atoms with van der Waals surface area (Å²) >= 11 is 0. The molecule has 17 heavy (non-hydrogen) atoms. The second kappa shape index (κ2) is 6.97. The molecule has 0 aromatic rings. The fourth-order valence-corrected chi connectivity index (χ4v) is 2.32. The molecule has 0 aliphatic heterocycles. The number of rotatable bonds is 8. The Kier molecular flexibility index (Phi) is 5.92. The van der Waals surface area contributed by atoms with E-state index in [4.69, 9.17) is 5.73 Å². The molecule has 0 radical (unpaired) electrons. The van der Waals surface area contributed by atoms with Gasteiger partial charge in [-0.25, -0.2) is 0 Å². The molecule has 4 nitrogen and oxygen atoms in total. The molecule has 1 aliphatic rings. The molecule has 1 rings (SSSR count). The van der Waals surface area contributed by atoms with Gasteiger partial charge in [-0.3, -0.25) is 9.69 Å². The Hall–Kier alpha value is -0.610. The van der Waals surface area contributed by atoms with E-state index < -0.39 is 0 Å². The lowest BCUT2D eigenvalue weighted by molar-refractivity contribution is -0.123. The summed E-state index contributed by atoms with van der Waals surface area (Å²) in [5.41, 5.74) is 5.77. The molecule has 0 aromatic carbocycles. The van der Waals surface area contributed by atoms with Gasteiger partial charge in [0.2, 0.25) is 5.91 Å². The van der Waals surface area contributed by atoms with Gasteiger partial charge in [0.05, 0.1) is 6.54 Å². The van der Waals surface area contributed by atoms with Crippen LogP contribution in [0.5, 0.6) is 0 Å². The van der Waals surface area contributed by atoms with Crippen molar-refractivity contribution in [1.82, 2.24) is 10.2 Å². The van der Waals surface area contributed by atoms with Crippen LogP contribution in [-0.4, -0.2) is 43.0 Å². The summed E-state index contributed by atoms with van der Waals surface area (Å²) < 4.78 is 0. The molecule has 0 heterocycles. The minimum absolute atomic E-state index is 0.125. The Balaban J connectivity index is 2.33. The molecular weight excluding hydrogens is 214 g/mol. The minimum atomic E-state index is 0.125. The van der Waals surface area contributed by atoms with Crippen LogP contribution < -0.4 is 11.1 Å². The summed E-state index contributed by atoms with van der Waals surface area (Å²) in [6.45, 7) is 5.32. The molecule has 4 heteroatoms. The average Bonchev–Trinajstić information content (AvgIpc) is 3.11. The van der Waals surface area contributed by atoms with E-state index in [1.54, 1.807) is 0 Å². The number of nitrogens with two attached hydrogens (primary N) is 1. The molecule has 3 N–H and O–H groups in total. The lowest BCUT2D eigenvalue weighted by Gasteiger charge is -2.27. The SMILES string of the molecule is CCC(CC)NC(=O)CN(C)C(CN)C1CC1. The molecule has 1 unspecified atom stereocenters. The lowest BCUT2D eigenvalue weighted by atomic mass is 10.1. The lowest BCUT2D eigenvalue weighted by Crippen LogP contribution is -2.46. The third-order valence-electron chi connectivity index (χ3n) is 3.72. The van der Waals surface area contributed by atoms with E-state index in [9.17, 15) is 4.79 Å². The maximum absolute atomic E-state index is 11.9. The highest BCUT2D eigenvalue weighted by Gasteiger charge is 2.33. The highest BCUT2D eigenvalue weighted by atomic mass is 16.2. The maximum Gasteiger partial charge on any atom is 0.234 e. The monoisotopic (exact) mass is 241 g/mol. The van der Waals surface area contributed by atoms with Gasteiger partial charge in [0.15, 0.2) is 0 Å². The molecule has 0 aromatic heterocycles. The van der Waals surface area contributed by atoms with Crippen molar-refractivity contribution >= 4 is 5.91 Å². The zero-order chi connectivity index (χ0) is 12.8. The highest BCUT2D eigenvalue weighted by molar-refractivity contribution is 5.78. The Morgan fingerprint density at radius 2 is 2.00 bits per heavy atom. The normalized spacial score (nSPS) is 17.5. The fraction of sp³-hybridized carbons (Fsp3) is 0.923. The van der Waals surface area contributed by atoms with Crippen LogP contribution in [0.1, 0.15) is 39.5 Å². The second-order valence-corrected chi connectivity index (χ2v) is 5.14. The summed E-state index contributed by atoms with van der Waals surface area (Å²) in [6.07, 6.45) is 4.52. The van der Waals surface area contributed by atoms with E-state index in [1.807, 2.05) is 7.05 Å². The number of likely N-dealkylation sites (N-methyl/N-ethyl adjacent to an activating group) is 1. The summed E-state index contributed by atoms with van der Waals surface area (Å²) in [5, 5.41) is 3.06. The van der Waals surface area contributed by atoms with E-state index in [-0.39, 0.29) is 5.91 Å². The Bertz CT molecular complexity index is 237. The summed E-state index contributed by atoms with van der Waals surface area (Å²) in [6, 6.07) is 0.690. The first kappa shape index (κ1) is 14.5. The standard InChI is InChI=1S/C13H27N3O/c1-4-11(5-2)15-13(17)9-16(3)12(8-14)10-6-7-10/h10-12H,4-9,14H2,1-3H3,(H,15,17). The number of carbonyl (C=O) groups is 1. The number of nitrogens with zero attached hydrogens (tertiary/aromatic N) is 1. The molecular formula is C13H27N3O. The van der Waals surface area contributed by atoms with E-state index >= 15 is 0 Å². The highest BCUT2D eigenvalue weighted by Crippen LogP contribution is 2.34. The van der Waals surface area contributed by atoms with Crippen LogP contribution in [-0.2, 0) is 4.79 Å². The van der Waals surface area contributed by atoms with Gasteiger partial charge in [-0.15, -0.1) is 0 Å².